The van der Waals surface area contributed by atoms with Crippen LogP contribution in [0.4, 0.5) is 5.69 Å². The van der Waals surface area contributed by atoms with Crippen LogP contribution in [0, 0.1) is 12.8 Å². The molecule has 4 heteroatoms. The van der Waals surface area contributed by atoms with Gasteiger partial charge in [-0.05, 0) is 54.2 Å². The Kier molecular flexibility index (Phi) is 3.72. The first kappa shape index (κ1) is 15.5. The minimum Gasteiger partial charge on any atom is -0.478 e. The third-order valence-electron chi connectivity index (χ3n) is 5.17. The highest BCUT2D eigenvalue weighted by atomic mass is 79.9. The fourth-order valence-corrected chi connectivity index (χ4v) is 4.49. The van der Waals surface area contributed by atoms with Crippen molar-refractivity contribution < 1.29 is 9.90 Å². The molecular formula is C20H18BrNO2. The number of carboxylic acids is 1. The molecule has 0 bridgehead atoms. The van der Waals surface area contributed by atoms with Crippen LogP contribution in [0.15, 0.2) is 53.0 Å². The average Bonchev–Trinajstić information content (AvgIpc) is 3.04. The summed E-state index contributed by atoms with van der Waals surface area (Å²) in [5.74, 6) is -0.365. The van der Waals surface area contributed by atoms with Crippen LogP contribution >= 0.6 is 15.9 Å². The van der Waals surface area contributed by atoms with Gasteiger partial charge in [0.1, 0.15) is 0 Å². The number of hydrogen-bond acceptors (Lipinski definition) is 2. The Hall–Kier alpha value is -2.07. The molecule has 2 aromatic rings. The maximum Gasteiger partial charge on any atom is 0.336 e. The zero-order valence-electron chi connectivity index (χ0n) is 13.3. The normalized spacial score (nSPS) is 24.2. The Bertz CT molecular complexity index is 859. The summed E-state index contributed by atoms with van der Waals surface area (Å²) in [6, 6.07) is 12.2. The van der Waals surface area contributed by atoms with Crippen molar-refractivity contribution in [3.63, 3.8) is 0 Å². The van der Waals surface area contributed by atoms with E-state index in [1.54, 1.807) is 6.07 Å². The van der Waals surface area contributed by atoms with Gasteiger partial charge in [-0.25, -0.2) is 4.79 Å². The van der Waals surface area contributed by atoms with E-state index in [-0.39, 0.29) is 12.0 Å². The third kappa shape index (κ3) is 2.37. The number of rotatable bonds is 2. The summed E-state index contributed by atoms with van der Waals surface area (Å²) in [5, 5.41) is 13.3. The minimum atomic E-state index is -0.854. The van der Waals surface area contributed by atoms with Crippen LogP contribution in [0.5, 0.6) is 0 Å². The van der Waals surface area contributed by atoms with Gasteiger partial charge in [0, 0.05) is 16.1 Å². The first-order valence-corrected chi connectivity index (χ1v) is 8.91. The number of allylic oxidation sites excluding steroid dienone is 2. The predicted molar refractivity (Wildman–Crippen MR) is 98.6 cm³/mol. The first-order valence-electron chi connectivity index (χ1n) is 8.11. The molecule has 0 radical (unpaired) electrons. The number of aryl methyl sites for hydroxylation is 1. The standard InChI is InChI=1S/C20H18BrNO2/c1-11-8-9-16(20(23)24)17-14-6-3-7-15(14)19(22-18(11)17)12-4-2-5-13(21)10-12/h2-6,8-10,14-15,19,22H,7H2,1H3,(H,23,24)/t14-,15-,19-/m1/s1. The summed E-state index contributed by atoms with van der Waals surface area (Å²) in [6.07, 6.45) is 5.33. The lowest BCUT2D eigenvalue weighted by Crippen LogP contribution is -2.31. The van der Waals surface area contributed by atoms with Crippen molar-refractivity contribution in [2.24, 2.45) is 5.92 Å². The van der Waals surface area contributed by atoms with Gasteiger partial charge in [-0.2, -0.15) is 0 Å². The van der Waals surface area contributed by atoms with Gasteiger partial charge in [-0.15, -0.1) is 0 Å². The van der Waals surface area contributed by atoms with Gasteiger partial charge in [-0.1, -0.05) is 46.3 Å². The molecule has 0 fully saturated rings. The lowest BCUT2D eigenvalue weighted by molar-refractivity contribution is 0.0695. The summed E-state index contributed by atoms with van der Waals surface area (Å²) in [5.41, 5.74) is 4.65. The Morgan fingerprint density at radius 2 is 2.12 bits per heavy atom. The number of nitrogens with one attached hydrogen (secondary N) is 1. The highest BCUT2D eigenvalue weighted by molar-refractivity contribution is 9.10. The molecule has 3 nitrogen and oxygen atoms in total. The lowest BCUT2D eigenvalue weighted by Gasteiger charge is -2.39. The second kappa shape index (κ2) is 5.78. The van der Waals surface area contributed by atoms with Crippen LogP contribution in [-0.4, -0.2) is 11.1 Å². The summed E-state index contributed by atoms with van der Waals surface area (Å²) >= 11 is 3.56. The maximum atomic E-state index is 11.7. The van der Waals surface area contributed by atoms with Gasteiger partial charge in [0.05, 0.1) is 11.6 Å². The van der Waals surface area contributed by atoms with Gasteiger partial charge < -0.3 is 10.4 Å². The van der Waals surface area contributed by atoms with Crippen molar-refractivity contribution in [2.75, 3.05) is 5.32 Å². The molecule has 122 valence electrons. The molecule has 0 saturated carbocycles. The van der Waals surface area contributed by atoms with Crippen LogP contribution in [-0.2, 0) is 0 Å². The Morgan fingerprint density at radius 3 is 2.88 bits per heavy atom. The fourth-order valence-electron chi connectivity index (χ4n) is 4.07. The molecule has 0 saturated heterocycles. The number of benzene rings is 2. The molecule has 2 N–H and O–H groups in total. The molecule has 2 aromatic carbocycles. The van der Waals surface area contributed by atoms with Crippen molar-refractivity contribution in [2.45, 2.75) is 25.3 Å². The predicted octanol–water partition coefficient (Wildman–Crippen LogP) is 5.28. The SMILES string of the molecule is Cc1ccc(C(=O)O)c2c1N[C@H](c1cccc(Br)c1)[C@@H]1CC=C[C@@H]21. The maximum absolute atomic E-state index is 11.7. The van der Waals surface area contributed by atoms with Gasteiger partial charge in [0.25, 0.3) is 0 Å². The lowest BCUT2D eigenvalue weighted by atomic mass is 9.75. The number of anilines is 1. The highest BCUT2D eigenvalue weighted by Crippen LogP contribution is 2.51. The van der Waals surface area contributed by atoms with E-state index in [0.29, 0.717) is 11.5 Å². The molecule has 1 aliphatic carbocycles. The van der Waals surface area contributed by atoms with E-state index in [1.807, 2.05) is 19.1 Å². The van der Waals surface area contributed by atoms with E-state index in [4.69, 9.17) is 0 Å². The van der Waals surface area contributed by atoms with E-state index < -0.39 is 5.97 Å². The third-order valence-corrected chi connectivity index (χ3v) is 5.66. The monoisotopic (exact) mass is 383 g/mol. The van der Waals surface area contributed by atoms with Crippen LogP contribution in [0.3, 0.4) is 0 Å². The largest absolute Gasteiger partial charge is 0.478 e. The van der Waals surface area contributed by atoms with Crippen molar-refractivity contribution in [1.29, 1.82) is 0 Å². The second-order valence-corrected chi connectivity index (χ2v) is 7.47. The molecule has 24 heavy (non-hydrogen) atoms. The van der Waals surface area contributed by atoms with Gasteiger partial charge in [-0.3, -0.25) is 0 Å². The van der Waals surface area contributed by atoms with Gasteiger partial charge in [0.15, 0.2) is 0 Å². The average molecular weight is 384 g/mol. The van der Waals surface area contributed by atoms with E-state index in [9.17, 15) is 9.90 Å². The summed E-state index contributed by atoms with van der Waals surface area (Å²) < 4.78 is 1.06. The number of hydrogen-bond donors (Lipinski definition) is 2. The van der Waals surface area contributed by atoms with Gasteiger partial charge >= 0.3 is 5.97 Å². The van der Waals surface area contributed by atoms with Crippen LogP contribution < -0.4 is 5.32 Å². The number of carbonyl (C=O) groups is 1. The topological polar surface area (TPSA) is 49.3 Å². The van der Waals surface area contributed by atoms with Crippen molar-refractivity contribution >= 4 is 27.6 Å². The molecule has 0 spiro atoms. The quantitative estimate of drug-likeness (QED) is 0.693. The molecule has 1 heterocycles. The van der Waals surface area contributed by atoms with Gasteiger partial charge in [0.2, 0.25) is 0 Å². The number of halogens is 1. The van der Waals surface area contributed by atoms with E-state index in [0.717, 1.165) is 27.7 Å². The van der Waals surface area contributed by atoms with E-state index >= 15 is 0 Å². The molecule has 0 aromatic heterocycles. The number of fused-ring (bicyclic) bond motifs is 3. The van der Waals surface area contributed by atoms with E-state index in [1.165, 1.54) is 5.56 Å². The molecular weight excluding hydrogens is 366 g/mol. The minimum absolute atomic E-state index is 0.149. The smallest absolute Gasteiger partial charge is 0.336 e. The zero-order valence-corrected chi connectivity index (χ0v) is 14.9. The molecule has 4 rings (SSSR count). The Balaban J connectivity index is 1.88. The first-order chi connectivity index (χ1) is 11.6. The summed E-state index contributed by atoms with van der Waals surface area (Å²) in [4.78, 5) is 11.7. The van der Waals surface area contributed by atoms with Crippen LogP contribution in [0.2, 0.25) is 0 Å². The van der Waals surface area contributed by atoms with Crippen molar-refractivity contribution in [3.05, 3.63) is 75.3 Å². The van der Waals surface area contributed by atoms with Crippen LogP contribution in [0.1, 0.15) is 45.4 Å². The fraction of sp³-hybridized carbons (Fsp3) is 0.250. The summed E-state index contributed by atoms with van der Waals surface area (Å²) in [6.45, 7) is 2.04. The highest BCUT2D eigenvalue weighted by Gasteiger charge is 2.40. The second-order valence-electron chi connectivity index (χ2n) is 6.55. The zero-order chi connectivity index (χ0) is 16.8. The molecule has 0 amide bonds. The molecule has 3 atom stereocenters. The van der Waals surface area contributed by atoms with Crippen molar-refractivity contribution in [1.82, 2.24) is 0 Å². The molecule has 2 aliphatic rings. The molecule has 0 unspecified atom stereocenters. The number of aromatic carboxylic acids is 1. The summed E-state index contributed by atoms with van der Waals surface area (Å²) in [7, 11) is 0. The number of carboxylic acid groups (broad SMARTS) is 1. The van der Waals surface area contributed by atoms with E-state index in [2.05, 4.69) is 51.6 Å². The van der Waals surface area contributed by atoms with Crippen LogP contribution in [0.25, 0.3) is 0 Å². The Labute approximate surface area is 149 Å². The van der Waals surface area contributed by atoms with Crippen molar-refractivity contribution in [3.8, 4) is 0 Å². The molecule has 1 aliphatic heterocycles. The Morgan fingerprint density at radius 1 is 1.29 bits per heavy atom.